The summed E-state index contributed by atoms with van der Waals surface area (Å²) in [5, 5.41) is 0.849. The first-order chi connectivity index (χ1) is 5.84. The molecular weight excluding hydrogens is 225 g/mol. The Bertz CT molecular complexity index is 243. The van der Waals surface area contributed by atoms with E-state index < -0.39 is 0 Å². The van der Waals surface area contributed by atoms with Crippen molar-refractivity contribution < 1.29 is 0 Å². The summed E-state index contributed by atoms with van der Waals surface area (Å²) in [6.07, 6.45) is 0. The predicted molar refractivity (Wildman–Crippen MR) is 63.9 cm³/mol. The van der Waals surface area contributed by atoms with Gasteiger partial charge in [-0.25, -0.2) is 0 Å². The molecule has 2 N–H and O–H groups in total. The van der Waals surface area contributed by atoms with Crippen molar-refractivity contribution in [2.75, 3.05) is 12.3 Å². The van der Waals surface area contributed by atoms with Crippen LogP contribution >= 0.6 is 35.8 Å². The molecule has 0 radical (unpaired) electrons. The molecular formula is C9H13Cl2NS. The fourth-order valence-electron chi connectivity index (χ4n) is 0.881. The molecule has 0 unspecified atom stereocenters. The summed E-state index contributed by atoms with van der Waals surface area (Å²) in [6.45, 7) is 0.731. The summed E-state index contributed by atoms with van der Waals surface area (Å²) in [5.41, 5.74) is 6.57. The van der Waals surface area contributed by atoms with Crippen molar-refractivity contribution in [3.63, 3.8) is 0 Å². The Morgan fingerprint density at radius 3 is 2.62 bits per heavy atom. The Morgan fingerprint density at radius 1 is 1.31 bits per heavy atom. The molecule has 0 aromatic heterocycles. The number of rotatable bonds is 4. The Morgan fingerprint density at radius 2 is 2.00 bits per heavy atom. The van der Waals surface area contributed by atoms with Crippen LogP contribution in [-0.2, 0) is 5.75 Å². The molecule has 1 nitrogen and oxygen atoms in total. The van der Waals surface area contributed by atoms with Gasteiger partial charge in [0.1, 0.15) is 0 Å². The van der Waals surface area contributed by atoms with Crippen LogP contribution in [0, 0.1) is 0 Å². The van der Waals surface area contributed by atoms with Crippen LogP contribution < -0.4 is 5.73 Å². The maximum Gasteiger partial charge on any atom is 0.0446 e. The minimum atomic E-state index is 0. The van der Waals surface area contributed by atoms with E-state index in [2.05, 4.69) is 0 Å². The molecule has 74 valence electrons. The molecule has 0 heterocycles. The van der Waals surface area contributed by atoms with Gasteiger partial charge in [-0.15, -0.1) is 12.4 Å². The lowest BCUT2D eigenvalue weighted by molar-refractivity contribution is 1.15. The zero-order valence-corrected chi connectivity index (χ0v) is 9.59. The normalized spacial score (nSPS) is 9.38. The molecule has 0 fully saturated rings. The number of hydrogen-bond acceptors (Lipinski definition) is 2. The van der Waals surface area contributed by atoms with Crippen molar-refractivity contribution in [3.8, 4) is 0 Å². The Hall–Kier alpha value is 0.110. The van der Waals surface area contributed by atoms with Crippen LogP contribution in [0.4, 0.5) is 0 Å². The lowest BCUT2D eigenvalue weighted by Crippen LogP contribution is -2.01. The van der Waals surface area contributed by atoms with Crippen molar-refractivity contribution in [3.05, 3.63) is 34.9 Å². The lowest BCUT2D eigenvalue weighted by Gasteiger charge is -2.01. The summed E-state index contributed by atoms with van der Waals surface area (Å²) >= 11 is 7.77. The zero-order valence-electron chi connectivity index (χ0n) is 7.20. The molecule has 1 aromatic rings. The molecule has 1 rings (SSSR count). The molecule has 0 amide bonds. The molecule has 1 aromatic carbocycles. The SMILES string of the molecule is Cl.NCCSCc1ccccc1Cl. The molecule has 0 saturated carbocycles. The van der Waals surface area contributed by atoms with E-state index in [1.165, 1.54) is 5.56 Å². The summed E-state index contributed by atoms with van der Waals surface area (Å²) in [5.74, 6) is 1.95. The largest absolute Gasteiger partial charge is 0.330 e. The Kier molecular flexibility index (Phi) is 7.57. The zero-order chi connectivity index (χ0) is 8.81. The number of benzene rings is 1. The highest BCUT2D eigenvalue weighted by Crippen LogP contribution is 2.19. The second kappa shape index (κ2) is 7.51. The minimum absolute atomic E-state index is 0. The predicted octanol–water partition coefficient (Wildman–Crippen LogP) is 2.95. The van der Waals surface area contributed by atoms with Crippen LogP contribution in [0.5, 0.6) is 0 Å². The average molecular weight is 238 g/mol. The second-order valence-corrected chi connectivity index (χ2v) is 3.95. The van der Waals surface area contributed by atoms with E-state index in [4.69, 9.17) is 17.3 Å². The highest BCUT2D eigenvalue weighted by molar-refractivity contribution is 7.98. The van der Waals surface area contributed by atoms with Crippen LogP contribution in [0.25, 0.3) is 0 Å². The Balaban J connectivity index is 0.00000144. The van der Waals surface area contributed by atoms with Gasteiger partial charge < -0.3 is 5.73 Å². The molecule has 13 heavy (non-hydrogen) atoms. The van der Waals surface area contributed by atoms with Gasteiger partial charge in [-0.05, 0) is 11.6 Å². The summed E-state index contributed by atoms with van der Waals surface area (Å²) in [7, 11) is 0. The van der Waals surface area contributed by atoms with Crippen LogP contribution in [0.3, 0.4) is 0 Å². The molecule has 0 saturated heterocycles. The van der Waals surface area contributed by atoms with Gasteiger partial charge in [-0.2, -0.15) is 11.8 Å². The van der Waals surface area contributed by atoms with Gasteiger partial charge in [-0.1, -0.05) is 29.8 Å². The smallest absolute Gasteiger partial charge is 0.0446 e. The quantitative estimate of drug-likeness (QED) is 0.816. The van der Waals surface area contributed by atoms with E-state index >= 15 is 0 Å². The van der Waals surface area contributed by atoms with E-state index in [-0.39, 0.29) is 12.4 Å². The monoisotopic (exact) mass is 237 g/mol. The number of halogens is 2. The van der Waals surface area contributed by atoms with Gasteiger partial charge in [0.2, 0.25) is 0 Å². The first kappa shape index (κ1) is 13.1. The van der Waals surface area contributed by atoms with Crippen LogP contribution in [0.1, 0.15) is 5.56 Å². The molecule has 0 spiro atoms. The van der Waals surface area contributed by atoms with Gasteiger partial charge in [-0.3, -0.25) is 0 Å². The van der Waals surface area contributed by atoms with Crippen molar-refractivity contribution in [2.45, 2.75) is 5.75 Å². The van der Waals surface area contributed by atoms with Crippen LogP contribution in [-0.4, -0.2) is 12.3 Å². The van der Waals surface area contributed by atoms with E-state index in [1.54, 1.807) is 0 Å². The molecule has 4 heteroatoms. The van der Waals surface area contributed by atoms with Gasteiger partial charge >= 0.3 is 0 Å². The lowest BCUT2D eigenvalue weighted by atomic mass is 10.2. The summed E-state index contributed by atoms with van der Waals surface area (Å²) < 4.78 is 0. The van der Waals surface area contributed by atoms with Crippen molar-refractivity contribution in [1.29, 1.82) is 0 Å². The van der Waals surface area contributed by atoms with Gasteiger partial charge in [0.25, 0.3) is 0 Å². The van der Waals surface area contributed by atoms with Crippen LogP contribution in [0.15, 0.2) is 24.3 Å². The fraction of sp³-hybridized carbons (Fsp3) is 0.333. The third-order valence-electron chi connectivity index (χ3n) is 1.48. The maximum absolute atomic E-state index is 5.96. The summed E-state index contributed by atoms with van der Waals surface area (Å²) in [6, 6.07) is 7.91. The standard InChI is InChI=1S/C9H12ClNS.ClH/c10-9-4-2-1-3-8(9)7-12-6-5-11;/h1-4H,5-7,11H2;1H. The van der Waals surface area contributed by atoms with Crippen molar-refractivity contribution in [1.82, 2.24) is 0 Å². The van der Waals surface area contributed by atoms with Gasteiger partial charge in [0.05, 0.1) is 0 Å². The third kappa shape index (κ3) is 4.77. The number of hydrogen-bond donors (Lipinski definition) is 1. The number of nitrogens with two attached hydrogens (primary N) is 1. The Labute approximate surface area is 94.4 Å². The average Bonchev–Trinajstić information content (AvgIpc) is 2.09. The van der Waals surface area contributed by atoms with Crippen LogP contribution in [0.2, 0.25) is 5.02 Å². The maximum atomic E-state index is 5.96. The second-order valence-electron chi connectivity index (χ2n) is 2.43. The topological polar surface area (TPSA) is 26.0 Å². The molecule has 0 atom stereocenters. The fourth-order valence-corrected chi connectivity index (χ4v) is 1.95. The molecule has 0 bridgehead atoms. The van der Waals surface area contributed by atoms with Gasteiger partial charge in [0, 0.05) is 23.1 Å². The highest BCUT2D eigenvalue weighted by Gasteiger charge is 1.97. The van der Waals surface area contributed by atoms with E-state index in [1.807, 2.05) is 36.0 Å². The van der Waals surface area contributed by atoms with Crippen molar-refractivity contribution in [2.24, 2.45) is 5.73 Å². The van der Waals surface area contributed by atoms with Gasteiger partial charge in [0.15, 0.2) is 0 Å². The first-order valence-corrected chi connectivity index (χ1v) is 5.39. The van der Waals surface area contributed by atoms with E-state index in [0.717, 1.165) is 23.1 Å². The van der Waals surface area contributed by atoms with Crippen molar-refractivity contribution >= 4 is 35.8 Å². The van der Waals surface area contributed by atoms with E-state index in [0.29, 0.717) is 0 Å². The third-order valence-corrected chi connectivity index (χ3v) is 2.89. The highest BCUT2D eigenvalue weighted by atomic mass is 35.5. The first-order valence-electron chi connectivity index (χ1n) is 3.86. The number of thioether (sulfide) groups is 1. The minimum Gasteiger partial charge on any atom is -0.330 e. The summed E-state index contributed by atoms with van der Waals surface area (Å²) in [4.78, 5) is 0. The van der Waals surface area contributed by atoms with E-state index in [9.17, 15) is 0 Å². The molecule has 0 aliphatic carbocycles. The molecule has 0 aliphatic rings. The molecule has 0 aliphatic heterocycles.